The van der Waals surface area contributed by atoms with Crippen LogP contribution >= 0.6 is 0 Å². The summed E-state index contributed by atoms with van der Waals surface area (Å²) in [7, 11) is 0.448. The molecule has 0 aliphatic carbocycles. The Labute approximate surface area is 208 Å². The van der Waals surface area contributed by atoms with E-state index in [1.54, 1.807) is 18.2 Å². The Morgan fingerprint density at radius 3 is 2.46 bits per heavy atom. The maximum atomic E-state index is 13.3. The second-order valence-electron chi connectivity index (χ2n) is 9.10. The molecular weight excluding hydrogens is 462 g/mol. The van der Waals surface area contributed by atoms with Gasteiger partial charge in [-0.3, -0.25) is 4.79 Å². The Bertz CT molecular complexity index is 1290. The van der Waals surface area contributed by atoms with Gasteiger partial charge in [-0.2, -0.15) is 4.31 Å². The van der Waals surface area contributed by atoms with Crippen LogP contribution in [0.5, 0.6) is 0 Å². The molecule has 1 aliphatic heterocycles. The third-order valence-corrected chi connectivity index (χ3v) is 8.98. The number of benzene rings is 2. The summed E-state index contributed by atoms with van der Waals surface area (Å²) in [5.41, 5.74) is 2.63. The zero-order valence-electron chi connectivity index (χ0n) is 21.0. The molecule has 0 radical (unpaired) electrons. The number of aromatic nitrogens is 2. The number of hydrogen-bond acceptors (Lipinski definition) is 5. The summed E-state index contributed by atoms with van der Waals surface area (Å²) in [6.07, 6.45) is 0.852. The third-order valence-electron chi connectivity index (χ3n) is 6.94. The summed E-state index contributed by atoms with van der Waals surface area (Å²) in [5.74, 6) is 0.889. The van der Waals surface area contributed by atoms with Gasteiger partial charge in [0.2, 0.25) is 15.9 Å². The van der Waals surface area contributed by atoms with Crippen LogP contribution in [0.2, 0.25) is 0 Å². The number of imidazole rings is 1. The van der Waals surface area contributed by atoms with E-state index in [1.807, 2.05) is 48.6 Å². The largest absolute Gasteiger partial charge is 0.333 e. The predicted octanol–water partition coefficient (Wildman–Crippen LogP) is 3.05. The lowest BCUT2D eigenvalue weighted by Gasteiger charge is -2.40. The van der Waals surface area contributed by atoms with E-state index in [0.717, 1.165) is 30.0 Å². The van der Waals surface area contributed by atoms with E-state index >= 15 is 0 Å². The molecule has 35 heavy (non-hydrogen) atoms. The van der Waals surface area contributed by atoms with Gasteiger partial charge in [-0.1, -0.05) is 44.2 Å². The number of carbonyl (C=O) groups is 1. The normalized spacial score (nSPS) is 17.4. The van der Waals surface area contributed by atoms with Gasteiger partial charge >= 0.3 is 0 Å². The van der Waals surface area contributed by atoms with Crippen molar-refractivity contribution in [3.05, 3.63) is 59.9 Å². The van der Waals surface area contributed by atoms with Crippen molar-refractivity contribution in [3.8, 4) is 0 Å². The highest BCUT2D eigenvalue weighted by molar-refractivity contribution is 7.89. The zero-order valence-corrected chi connectivity index (χ0v) is 21.8. The number of hydrogen-bond donors (Lipinski definition) is 0. The molecule has 9 heteroatoms. The molecule has 188 valence electrons. The van der Waals surface area contributed by atoms with Crippen LogP contribution in [-0.4, -0.2) is 77.8 Å². The van der Waals surface area contributed by atoms with E-state index in [-0.39, 0.29) is 16.8 Å². The van der Waals surface area contributed by atoms with Crippen LogP contribution in [0.4, 0.5) is 0 Å². The number of rotatable bonds is 8. The van der Waals surface area contributed by atoms with E-state index in [1.165, 1.54) is 4.31 Å². The van der Waals surface area contributed by atoms with Crippen molar-refractivity contribution in [1.29, 1.82) is 0 Å². The summed E-state index contributed by atoms with van der Waals surface area (Å²) in [4.78, 5) is 22.5. The molecule has 0 bridgehead atoms. The lowest BCUT2D eigenvalue weighted by Crippen LogP contribution is -2.49. The monoisotopic (exact) mass is 497 g/mol. The van der Waals surface area contributed by atoms with Gasteiger partial charge < -0.3 is 14.4 Å². The molecule has 0 N–H and O–H groups in total. The van der Waals surface area contributed by atoms with E-state index in [0.29, 0.717) is 38.0 Å². The van der Waals surface area contributed by atoms with Gasteiger partial charge in [0.25, 0.3) is 0 Å². The summed E-state index contributed by atoms with van der Waals surface area (Å²) in [6, 6.07) is 15.3. The molecule has 4 rings (SSSR count). The summed E-state index contributed by atoms with van der Waals surface area (Å²) < 4.78 is 29.3. The molecule has 1 atom stereocenters. The van der Waals surface area contributed by atoms with Gasteiger partial charge in [0.15, 0.2) is 0 Å². The maximum absolute atomic E-state index is 13.3. The lowest BCUT2D eigenvalue weighted by atomic mass is 10.0. The van der Waals surface area contributed by atoms with Crippen molar-refractivity contribution in [1.82, 2.24) is 23.7 Å². The first-order chi connectivity index (χ1) is 16.8. The molecule has 1 aromatic heterocycles. The number of fused-ring (bicyclic) bond motifs is 1. The summed E-state index contributed by atoms with van der Waals surface area (Å²) in [6.45, 7) is 6.86. The van der Waals surface area contributed by atoms with Crippen LogP contribution in [0.25, 0.3) is 11.0 Å². The first-order valence-corrected chi connectivity index (χ1v) is 13.7. The van der Waals surface area contributed by atoms with Gasteiger partial charge in [0.1, 0.15) is 5.82 Å². The van der Waals surface area contributed by atoms with E-state index < -0.39 is 10.0 Å². The molecule has 1 unspecified atom stereocenters. The lowest BCUT2D eigenvalue weighted by molar-refractivity contribution is -0.136. The zero-order chi connectivity index (χ0) is 25.2. The van der Waals surface area contributed by atoms with Crippen LogP contribution in [0.1, 0.15) is 37.7 Å². The van der Waals surface area contributed by atoms with Crippen LogP contribution in [0.3, 0.4) is 0 Å². The van der Waals surface area contributed by atoms with Gasteiger partial charge in [-0.15, -0.1) is 0 Å². The fourth-order valence-corrected chi connectivity index (χ4v) is 6.35. The average Bonchev–Trinajstić information content (AvgIpc) is 3.18. The molecular formula is C26H35N5O3S. The Hall–Kier alpha value is -2.75. The smallest absolute Gasteiger partial charge is 0.243 e. The number of aryl methyl sites for hydroxylation is 2. The number of likely N-dealkylation sites (N-methyl/N-ethyl adjacent to an activating group) is 1. The average molecular weight is 498 g/mol. The van der Waals surface area contributed by atoms with Gasteiger partial charge in [0, 0.05) is 52.6 Å². The Balaban J connectivity index is 1.52. The molecule has 8 nitrogen and oxygen atoms in total. The molecule has 0 saturated carbocycles. The van der Waals surface area contributed by atoms with Crippen molar-refractivity contribution < 1.29 is 13.2 Å². The number of sulfonamides is 1. The number of nitrogens with zero attached hydrogens (tertiary/aromatic N) is 5. The number of carbonyl (C=O) groups excluding carboxylic acids is 1. The van der Waals surface area contributed by atoms with E-state index in [9.17, 15) is 13.2 Å². The van der Waals surface area contributed by atoms with Crippen molar-refractivity contribution in [2.75, 3.05) is 39.8 Å². The van der Waals surface area contributed by atoms with Crippen LogP contribution < -0.4 is 0 Å². The van der Waals surface area contributed by atoms with Crippen molar-refractivity contribution in [2.45, 2.75) is 37.6 Å². The molecule has 0 spiro atoms. The summed E-state index contributed by atoms with van der Waals surface area (Å²) in [5, 5.41) is 0. The number of amides is 1. The molecule has 1 amide bonds. The first-order valence-electron chi connectivity index (χ1n) is 12.2. The van der Waals surface area contributed by atoms with E-state index in [4.69, 9.17) is 4.98 Å². The van der Waals surface area contributed by atoms with Gasteiger partial charge in [-0.05, 0) is 30.8 Å². The van der Waals surface area contributed by atoms with Gasteiger partial charge in [-0.25, -0.2) is 13.4 Å². The van der Waals surface area contributed by atoms with Crippen LogP contribution in [0.15, 0.2) is 53.4 Å². The Kier molecular flexibility index (Phi) is 7.59. The molecule has 2 heterocycles. The van der Waals surface area contributed by atoms with Crippen LogP contribution in [0, 0.1) is 0 Å². The SMILES string of the molecule is CCN(CC)S(=O)(=O)c1ccc2c(c1)nc(CCC(=O)N1CCN(C)CC1c1ccccc1)n2C. The van der Waals surface area contributed by atoms with Crippen molar-refractivity contribution >= 4 is 27.0 Å². The molecule has 1 saturated heterocycles. The second-order valence-corrected chi connectivity index (χ2v) is 11.0. The minimum Gasteiger partial charge on any atom is -0.333 e. The fraction of sp³-hybridized carbons (Fsp3) is 0.462. The van der Waals surface area contributed by atoms with Crippen molar-refractivity contribution in [2.24, 2.45) is 7.05 Å². The first kappa shape index (κ1) is 25.3. The molecule has 1 fully saturated rings. The highest BCUT2D eigenvalue weighted by Crippen LogP contribution is 2.27. The standard InChI is InChI=1S/C26H35N5O3S/c1-5-30(6-2)35(33,34)21-12-13-23-22(18-21)27-25(29(23)4)14-15-26(32)31-17-16-28(3)19-24(31)20-10-8-7-9-11-20/h7-13,18,24H,5-6,14-17,19H2,1-4H3. The van der Waals surface area contributed by atoms with Gasteiger partial charge in [0.05, 0.1) is 22.0 Å². The highest BCUT2D eigenvalue weighted by atomic mass is 32.2. The Morgan fingerprint density at radius 1 is 1.06 bits per heavy atom. The minimum atomic E-state index is -3.55. The fourth-order valence-electron chi connectivity index (χ4n) is 4.87. The summed E-state index contributed by atoms with van der Waals surface area (Å²) >= 11 is 0. The minimum absolute atomic E-state index is 0.0377. The molecule has 3 aromatic rings. The van der Waals surface area contributed by atoms with Crippen molar-refractivity contribution in [3.63, 3.8) is 0 Å². The third kappa shape index (κ3) is 5.12. The topological polar surface area (TPSA) is 78.8 Å². The maximum Gasteiger partial charge on any atom is 0.243 e. The molecule has 1 aliphatic rings. The predicted molar refractivity (Wildman–Crippen MR) is 138 cm³/mol. The van der Waals surface area contributed by atoms with Crippen LogP contribution in [-0.2, 0) is 28.3 Å². The quantitative estimate of drug-likeness (QED) is 0.478. The van der Waals surface area contributed by atoms with E-state index in [2.05, 4.69) is 24.1 Å². The number of piperazine rings is 1. The second kappa shape index (κ2) is 10.5. The highest BCUT2D eigenvalue weighted by Gasteiger charge is 2.30. The molecule has 2 aromatic carbocycles. The Morgan fingerprint density at radius 2 is 1.77 bits per heavy atom.